The van der Waals surface area contributed by atoms with Crippen LogP contribution in [0.15, 0.2) is 49.9 Å². The van der Waals surface area contributed by atoms with Gasteiger partial charge in [0.25, 0.3) is 0 Å². The predicted octanol–water partition coefficient (Wildman–Crippen LogP) is 6.06. The fraction of sp³-hybridized carbons (Fsp3) is 0.154. The van der Waals surface area contributed by atoms with E-state index < -0.39 is 11.3 Å². The van der Waals surface area contributed by atoms with Crippen molar-refractivity contribution in [2.24, 2.45) is 0 Å². The second kappa shape index (κ2) is 7.02. The van der Waals surface area contributed by atoms with Gasteiger partial charge in [0, 0.05) is 26.2 Å². The maximum absolute atomic E-state index is 12.5. The number of benzene rings is 3. The standard InChI is InChI=1S/C26H16N2O3S/c1-4-12(2)13(3)14-5-6-20-17(7-14)21-15(10-27)8-18-22-19(26(30)31-25(18)29)9-16(11-28)24(32-20)23(21)22/h5-9H,4H2,1-3H3/b13-12-. The molecule has 154 valence electrons. The first-order valence-corrected chi connectivity index (χ1v) is 10.9. The van der Waals surface area contributed by atoms with Gasteiger partial charge in [0.05, 0.1) is 32.7 Å². The van der Waals surface area contributed by atoms with E-state index in [4.69, 9.17) is 4.42 Å². The SMILES string of the molecule is CC/C(C)=C(/C)c1ccc2sc3c(C#N)cc4c(=O)oc(=O)c5cc(C#N)c(c2c1)c3c45. The molecule has 0 radical (unpaired) electrons. The molecule has 0 unspecified atom stereocenters. The fourth-order valence-corrected chi connectivity index (χ4v) is 5.50. The van der Waals surface area contributed by atoms with Crippen molar-refractivity contribution in [1.82, 2.24) is 0 Å². The van der Waals surface area contributed by atoms with E-state index in [0.29, 0.717) is 32.0 Å². The monoisotopic (exact) mass is 436 g/mol. The lowest BCUT2D eigenvalue weighted by Gasteiger charge is -2.15. The minimum Gasteiger partial charge on any atom is -0.386 e. The maximum atomic E-state index is 12.5. The molecule has 3 aromatic carbocycles. The second-order valence-corrected chi connectivity index (χ2v) is 8.92. The third kappa shape index (κ3) is 2.60. The van der Waals surface area contributed by atoms with Gasteiger partial charge in [-0.15, -0.1) is 11.3 Å². The Labute approximate surface area is 186 Å². The molecule has 2 heterocycles. The topological polar surface area (TPSA) is 94.9 Å². The van der Waals surface area contributed by atoms with E-state index in [1.807, 2.05) is 12.1 Å². The van der Waals surface area contributed by atoms with Crippen LogP contribution in [0.25, 0.3) is 47.3 Å². The number of hydrogen-bond donors (Lipinski definition) is 0. The number of nitriles is 2. The summed E-state index contributed by atoms with van der Waals surface area (Å²) in [5.74, 6) is 0. The number of fused-ring (bicyclic) bond motifs is 2. The quantitative estimate of drug-likeness (QED) is 0.248. The molecule has 0 N–H and O–H groups in total. The molecule has 5 rings (SSSR count). The van der Waals surface area contributed by atoms with Crippen molar-refractivity contribution in [1.29, 1.82) is 10.5 Å². The first kappa shape index (κ1) is 19.9. The molecule has 0 saturated heterocycles. The van der Waals surface area contributed by atoms with Crippen LogP contribution in [0.5, 0.6) is 0 Å². The molecule has 0 spiro atoms. The molecular formula is C26H16N2O3S. The lowest BCUT2D eigenvalue weighted by Crippen LogP contribution is -2.13. The summed E-state index contributed by atoms with van der Waals surface area (Å²) in [5, 5.41) is 22.7. The van der Waals surface area contributed by atoms with Gasteiger partial charge in [-0.1, -0.05) is 18.6 Å². The lowest BCUT2D eigenvalue weighted by atomic mass is 9.92. The van der Waals surface area contributed by atoms with Crippen molar-refractivity contribution in [3.63, 3.8) is 0 Å². The Morgan fingerprint density at radius 2 is 1.56 bits per heavy atom. The van der Waals surface area contributed by atoms with Crippen molar-refractivity contribution in [3.05, 3.63) is 73.4 Å². The van der Waals surface area contributed by atoms with Gasteiger partial charge in [-0.25, -0.2) is 9.59 Å². The number of nitrogens with zero attached hydrogens (tertiary/aromatic N) is 2. The van der Waals surface area contributed by atoms with E-state index in [0.717, 1.165) is 22.1 Å². The molecule has 5 aromatic rings. The Morgan fingerprint density at radius 1 is 0.906 bits per heavy atom. The highest BCUT2D eigenvalue weighted by Gasteiger charge is 2.22. The second-order valence-electron chi connectivity index (χ2n) is 7.87. The first-order chi connectivity index (χ1) is 15.4. The van der Waals surface area contributed by atoms with E-state index in [-0.39, 0.29) is 10.8 Å². The van der Waals surface area contributed by atoms with Crippen molar-refractivity contribution in [2.75, 3.05) is 0 Å². The van der Waals surface area contributed by atoms with Crippen molar-refractivity contribution < 1.29 is 4.42 Å². The van der Waals surface area contributed by atoms with Gasteiger partial charge < -0.3 is 4.42 Å². The number of allylic oxidation sites excluding steroid dienone is 2. The molecule has 0 amide bonds. The van der Waals surface area contributed by atoms with E-state index in [9.17, 15) is 20.1 Å². The van der Waals surface area contributed by atoms with Crippen LogP contribution in [0.2, 0.25) is 0 Å². The van der Waals surface area contributed by atoms with Crippen LogP contribution in [-0.2, 0) is 0 Å². The molecule has 0 saturated carbocycles. The molecule has 5 nitrogen and oxygen atoms in total. The van der Waals surface area contributed by atoms with E-state index >= 15 is 0 Å². The van der Waals surface area contributed by atoms with Gasteiger partial charge >= 0.3 is 11.3 Å². The first-order valence-electron chi connectivity index (χ1n) is 10.1. The summed E-state index contributed by atoms with van der Waals surface area (Å²) >= 11 is 1.42. The minimum atomic E-state index is -0.775. The van der Waals surface area contributed by atoms with Gasteiger partial charge in [0.2, 0.25) is 0 Å². The molecule has 0 atom stereocenters. The van der Waals surface area contributed by atoms with Gasteiger partial charge in [-0.05, 0) is 55.7 Å². The Bertz CT molecular complexity index is 1810. The zero-order chi connectivity index (χ0) is 22.7. The molecule has 0 bridgehead atoms. The largest absolute Gasteiger partial charge is 0.386 e. The highest BCUT2D eigenvalue weighted by molar-refractivity contribution is 7.25. The minimum absolute atomic E-state index is 0.179. The van der Waals surface area contributed by atoms with Crippen LogP contribution in [0, 0.1) is 22.7 Å². The van der Waals surface area contributed by atoms with Crippen molar-refractivity contribution in [3.8, 4) is 12.1 Å². The van der Waals surface area contributed by atoms with Gasteiger partial charge in [-0.3, -0.25) is 0 Å². The summed E-state index contributed by atoms with van der Waals surface area (Å²) in [5.41, 5.74) is 2.57. The molecule has 0 aliphatic heterocycles. The Morgan fingerprint density at radius 3 is 2.19 bits per heavy atom. The van der Waals surface area contributed by atoms with E-state index in [1.165, 1.54) is 34.6 Å². The van der Waals surface area contributed by atoms with Crippen LogP contribution in [0.3, 0.4) is 0 Å². The zero-order valence-electron chi connectivity index (χ0n) is 17.6. The maximum Gasteiger partial charge on any atom is 0.346 e. The Balaban J connectivity index is 2.14. The number of rotatable bonds is 2. The summed E-state index contributed by atoms with van der Waals surface area (Å²) in [7, 11) is 0. The lowest BCUT2D eigenvalue weighted by molar-refractivity contribution is 0.489. The van der Waals surface area contributed by atoms with Crippen LogP contribution in [-0.4, -0.2) is 0 Å². The molecule has 0 fully saturated rings. The number of hydrogen-bond acceptors (Lipinski definition) is 6. The summed E-state index contributed by atoms with van der Waals surface area (Å²) < 4.78 is 6.45. The van der Waals surface area contributed by atoms with Gasteiger partial charge in [0.15, 0.2) is 0 Å². The highest BCUT2D eigenvalue weighted by Crippen LogP contribution is 2.43. The van der Waals surface area contributed by atoms with Crippen LogP contribution in [0.1, 0.15) is 43.9 Å². The normalized spacial score (nSPS) is 12.4. The average molecular weight is 436 g/mol. The Hall–Kier alpha value is -4.00. The third-order valence-corrected chi connectivity index (χ3v) is 7.49. The Kier molecular flexibility index (Phi) is 4.37. The van der Waals surface area contributed by atoms with Crippen LogP contribution < -0.4 is 11.3 Å². The zero-order valence-corrected chi connectivity index (χ0v) is 18.4. The molecular weight excluding hydrogens is 420 g/mol. The molecule has 0 aliphatic rings. The smallest absolute Gasteiger partial charge is 0.346 e. The van der Waals surface area contributed by atoms with Crippen molar-refractivity contribution in [2.45, 2.75) is 27.2 Å². The summed E-state index contributed by atoms with van der Waals surface area (Å²) in [6, 6.07) is 13.5. The molecule has 0 aliphatic carbocycles. The average Bonchev–Trinajstić information content (AvgIpc) is 2.81. The molecule has 32 heavy (non-hydrogen) atoms. The van der Waals surface area contributed by atoms with E-state index in [2.05, 4.69) is 39.0 Å². The van der Waals surface area contributed by atoms with Crippen LogP contribution >= 0.6 is 11.3 Å². The summed E-state index contributed by atoms with van der Waals surface area (Å²) in [6.07, 6.45) is 0.933. The predicted molar refractivity (Wildman–Crippen MR) is 128 cm³/mol. The van der Waals surface area contributed by atoms with Crippen LogP contribution in [0.4, 0.5) is 0 Å². The highest BCUT2D eigenvalue weighted by atomic mass is 32.1. The van der Waals surface area contributed by atoms with Gasteiger partial charge in [-0.2, -0.15) is 10.5 Å². The van der Waals surface area contributed by atoms with Gasteiger partial charge in [0.1, 0.15) is 6.07 Å². The third-order valence-electron chi connectivity index (χ3n) is 6.29. The van der Waals surface area contributed by atoms with Crippen molar-refractivity contribution >= 4 is 58.6 Å². The molecule has 6 heteroatoms. The summed E-state index contributed by atoms with van der Waals surface area (Å²) in [6.45, 7) is 6.29. The fourth-order valence-electron chi connectivity index (χ4n) is 4.35. The molecule has 2 aromatic heterocycles. The van der Waals surface area contributed by atoms with E-state index in [1.54, 1.807) is 0 Å². The summed E-state index contributed by atoms with van der Waals surface area (Å²) in [4.78, 5) is 25.0.